The van der Waals surface area contributed by atoms with Crippen molar-refractivity contribution < 1.29 is 9.53 Å². The number of morpholine rings is 1. The zero-order valence-corrected chi connectivity index (χ0v) is 17.6. The van der Waals surface area contributed by atoms with Crippen molar-refractivity contribution in [2.45, 2.75) is 39.0 Å². The summed E-state index contributed by atoms with van der Waals surface area (Å²) in [7, 11) is 0. The molecule has 0 unspecified atom stereocenters. The van der Waals surface area contributed by atoms with Crippen LogP contribution in [0, 0.1) is 0 Å². The molecule has 0 aromatic carbocycles. The molecule has 1 fully saturated rings. The van der Waals surface area contributed by atoms with E-state index < -0.39 is 0 Å². The molecule has 1 amide bonds. The molecular weight excluding hydrogens is 386 g/mol. The van der Waals surface area contributed by atoms with E-state index in [4.69, 9.17) is 9.72 Å². The number of nitrogens with zero attached hydrogens (tertiary/aromatic N) is 4. The van der Waals surface area contributed by atoms with E-state index in [0.29, 0.717) is 32.2 Å². The molecule has 1 saturated heterocycles. The van der Waals surface area contributed by atoms with E-state index >= 15 is 0 Å². The summed E-state index contributed by atoms with van der Waals surface area (Å²) < 4.78 is 6.31. The Morgan fingerprint density at radius 2 is 2.03 bits per heavy atom. The maximum atomic E-state index is 12.5. The molecule has 0 spiro atoms. The number of thiophene rings is 1. The maximum absolute atomic E-state index is 12.5. The predicted octanol–water partition coefficient (Wildman–Crippen LogP) is 3.12. The fourth-order valence-electron chi connectivity index (χ4n) is 4.41. The first-order valence-corrected chi connectivity index (χ1v) is 11.1. The van der Waals surface area contributed by atoms with Crippen molar-refractivity contribution in [2.24, 2.45) is 0 Å². The van der Waals surface area contributed by atoms with Crippen molar-refractivity contribution >= 4 is 43.5 Å². The van der Waals surface area contributed by atoms with E-state index in [1.165, 1.54) is 28.6 Å². The van der Waals surface area contributed by atoms with Crippen LogP contribution >= 0.6 is 11.3 Å². The fourth-order valence-corrected chi connectivity index (χ4v) is 5.55. The number of hydrogen-bond donors (Lipinski definition) is 1. The summed E-state index contributed by atoms with van der Waals surface area (Å²) in [5, 5.41) is 4.44. The number of aryl methyl sites for hydroxylation is 1. The smallest absolute Gasteiger partial charge is 0.242 e. The highest BCUT2D eigenvalue weighted by atomic mass is 32.1. The summed E-state index contributed by atoms with van der Waals surface area (Å²) in [5.41, 5.74) is 5.02. The van der Waals surface area contributed by atoms with Crippen LogP contribution in [-0.2, 0) is 22.4 Å². The molecule has 1 aliphatic carbocycles. The molecule has 4 heterocycles. The molecular formula is C21H25N5O2S. The van der Waals surface area contributed by atoms with Crippen LogP contribution in [0.25, 0.3) is 20.4 Å². The lowest BCUT2D eigenvalue weighted by Gasteiger charge is -2.26. The van der Waals surface area contributed by atoms with E-state index in [0.717, 1.165) is 33.7 Å². The van der Waals surface area contributed by atoms with Gasteiger partial charge >= 0.3 is 0 Å². The van der Waals surface area contributed by atoms with E-state index in [2.05, 4.69) is 29.1 Å². The molecule has 0 bridgehead atoms. The molecule has 5 rings (SSSR count). The number of carbonyl (C=O) groups excluding carboxylic acids is 1. The van der Waals surface area contributed by atoms with E-state index in [1.54, 1.807) is 17.7 Å². The monoisotopic (exact) mass is 411 g/mol. The summed E-state index contributed by atoms with van der Waals surface area (Å²) in [4.78, 5) is 29.4. The van der Waals surface area contributed by atoms with Gasteiger partial charge in [-0.25, -0.2) is 15.0 Å². The van der Waals surface area contributed by atoms with Crippen molar-refractivity contribution in [3.8, 4) is 0 Å². The highest BCUT2D eigenvalue weighted by Crippen LogP contribution is 2.42. The van der Waals surface area contributed by atoms with Gasteiger partial charge in [0.25, 0.3) is 0 Å². The van der Waals surface area contributed by atoms with Gasteiger partial charge in [0.05, 0.1) is 30.0 Å². The third-order valence-electron chi connectivity index (χ3n) is 5.82. The second-order valence-corrected chi connectivity index (χ2v) is 8.99. The first-order chi connectivity index (χ1) is 14.1. The Kier molecular flexibility index (Phi) is 4.83. The Balaban J connectivity index is 1.52. The molecule has 0 radical (unpaired) electrons. The number of carbonyl (C=O) groups is 1. The number of aromatic nitrogens is 3. The summed E-state index contributed by atoms with van der Waals surface area (Å²) in [6, 6.07) is 0. The number of fused-ring (bicyclic) bond motifs is 5. The number of anilines is 1. The van der Waals surface area contributed by atoms with E-state index in [1.807, 2.05) is 4.90 Å². The topological polar surface area (TPSA) is 80.2 Å². The summed E-state index contributed by atoms with van der Waals surface area (Å²) >= 11 is 1.63. The summed E-state index contributed by atoms with van der Waals surface area (Å²) in [6.07, 6.45) is 4.96. The van der Waals surface area contributed by atoms with Gasteiger partial charge in [-0.05, 0) is 36.3 Å². The van der Waals surface area contributed by atoms with Crippen molar-refractivity contribution in [2.75, 3.05) is 38.2 Å². The molecule has 8 heteroatoms. The van der Waals surface area contributed by atoms with Gasteiger partial charge in [-0.3, -0.25) is 4.79 Å². The minimum absolute atomic E-state index is 0.0716. The van der Waals surface area contributed by atoms with Crippen molar-refractivity contribution in [3.05, 3.63) is 23.1 Å². The Bertz CT molecular complexity index is 1090. The standard InChI is InChI=1S/C21H25N5O2S/c1-12(2)17-14-5-3-4-13(14)16-18-19(29-21(16)25-17)20(24-11-23-18)22-10-15(27)26-6-8-28-9-7-26/h11-12H,3-10H2,1-2H3,(H,22,23,24). The highest BCUT2D eigenvalue weighted by molar-refractivity contribution is 7.26. The zero-order chi connectivity index (χ0) is 20.0. The molecule has 7 nitrogen and oxygen atoms in total. The average molecular weight is 412 g/mol. The second kappa shape index (κ2) is 7.50. The second-order valence-electron chi connectivity index (χ2n) is 7.99. The molecule has 0 atom stereocenters. The van der Waals surface area contributed by atoms with E-state index in [-0.39, 0.29) is 12.5 Å². The molecule has 3 aromatic rings. The minimum atomic E-state index is 0.0716. The third kappa shape index (κ3) is 3.24. The van der Waals surface area contributed by atoms with Crippen LogP contribution < -0.4 is 5.32 Å². The van der Waals surface area contributed by atoms with Crippen LogP contribution in [0.15, 0.2) is 6.33 Å². The van der Waals surface area contributed by atoms with Crippen LogP contribution in [0.2, 0.25) is 0 Å². The fraction of sp³-hybridized carbons (Fsp3) is 0.524. The minimum Gasteiger partial charge on any atom is -0.378 e. The van der Waals surface area contributed by atoms with Gasteiger partial charge < -0.3 is 15.0 Å². The van der Waals surface area contributed by atoms with E-state index in [9.17, 15) is 4.79 Å². The van der Waals surface area contributed by atoms with Crippen LogP contribution in [0.1, 0.15) is 43.0 Å². The lowest BCUT2D eigenvalue weighted by Crippen LogP contribution is -2.43. The lowest BCUT2D eigenvalue weighted by atomic mass is 9.99. The maximum Gasteiger partial charge on any atom is 0.242 e. The van der Waals surface area contributed by atoms with Gasteiger partial charge in [-0.15, -0.1) is 11.3 Å². The van der Waals surface area contributed by atoms with Gasteiger partial charge in [-0.1, -0.05) is 13.8 Å². The molecule has 0 saturated carbocycles. The molecule has 152 valence electrons. The molecule has 29 heavy (non-hydrogen) atoms. The Labute approximate surface area is 173 Å². The van der Waals surface area contributed by atoms with Gasteiger partial charge in [0.15, 0.2) is 0 Å². The van der Waals surface area contributed by atoms with Crippen LogP contribution in [0.5, 0.6) is 0 Å². The van der Waals surface area contributed by atoms with Crippen molar-refractivity contribution in [3.63, 3.8) is 0 Å². The zero-order valence-electron chi connectivity index (χ0n) is 16.8. The molecule has 1 N–H and O–H groups in total. The Hall–Kier alpha value is -2.32. The average Bonchev–Trinajstić information content (AvgIpc) is 3.36. The highest BCUT2D eigenvalue weighted by Gasteiger charge is 2.25. The number of nitrogens with one attached hydrogen (secondary N) is 1. The molecule has 1 aliphatic heterocycles. The quantitative estimate of drug-likeness (QED) is 0.711. The van der Waals surface area contributed by atoms with Crippen molar-refractivity contribution in [1.29, 1.82) is 0 Å². The van der Waals surface area contributed by atoms with Crippen LogP contribution in [0.3, 0.4) is 0 Å². The Morgan fingerprint density at radius 1 is 1.24 bits per heavy atom. The predicted molar refractivity (Wildman–Crippen MR) is 115 cm³/mol. The molecule has 2 aliphatic rings. The number of pyridine rings is 1. The molecule has 3 aromatic heterocycles. The normalized spacial score (nSPS) is 16.7. The number of hydrogen-bond acceptors (Lipinski definition) is 7. The van der Waals surface area contributed by atoms with Gasteiger partial charge in [-0.2, -0.15) is 0 Å². The van der Waals surface area contributed by atoms with Crippen LogP contribution in [-0.4, -0.2) is 58.6 Å². The first kappa shape index (κ1) is 18.7. The lowest BCUT2D eigenvalue weighted by molar-refractivity contribution is -0.133. The van der Waals surface area contributed by atoms with Gasteiger partial charge in [0.1, 0.15) is 17.0 Å². The first-order valence-electron chi connectivity index (χ1n) is 10.3. The van der Waals surface area contributed by atoms with Crippen LogP contribution in [0.4, 0.5) is 5.82 Å². The number of amides is 1. The Morgan fingerprint density at radius 3 is 2.83 bits per heavy atom. The third-order valence-corrected chi connectivity index (χ3v) is 6.90. The van der Waals surface area contributed by atoms with Crippen molar-refractivity contribution in [1.82, 2.24) is 19.9 Å². The van der Waals surface area contributed by atoms with Gasteiger partial charge in [0, 0.05) is 24.2 Å². The summed E-state index contributed by atoms with van der Waals surface area (Å²) in [6.45, 7) is 7.16. The van der Waals surface area contributed by atoms with Gasteiger partial charge in [0.2, 0.25) is 5.91 Å². The SMILES string of the molecule is CC(C)c1nc2sc3c(NCC(=O)N4CCOCC4)ncnc3c2c2c1CCC2. The summed E-state index contributed by atoms with van der Waals surface area (Å²) in [5.74, 6) is 1.20. The number of rotatable bonds is 4. The largest absolute Gasteiger partial charge is 0.378 e. The number of ether oxygens (including phenoxy) is 1.